The molecule has 0 atom stereocenters. The van der Waals surface area contributed by atoms with Crippen molar-refractivity contribution in [2.75, 3.05) is 0 Å². The van der Waals surface area contributed by atoms with Crippen molar-refractivity contribution in [1.29, 1.82) is 0 Å². The predicted molar refractivity (Wildman–Crippen MR) is 114 cm³/mol. The van der Waals surface area contributed by atoms with E-state index >= 15 is 0 Å². The van der Waals surface area contributed by atoms with Gasteiger partial charge in [-0.05, 0) is 45.8 Å². The number of benzene rings is 2. The zero-order chi connectivity index (χ0) is 23.4. The van der Waals surface area contributed by atoms with Crippen LogP contribution in [-0.4, -0.2) is 17.0 Å². The lowest BCUT2D eigenvalue weighted by molar-refractivity contribution is 0.1000. The standard InChI is InChI=1S/C21H16BrF2N3O5/c22-17-18(31-8-12-4-5-13(23)7-14(12)24)16(10-2-1-3-11(6-10)19(25)28)15(27-20(17)29)9-32-21(26)30/h1-7H,8-9H2,(H2,25,28)(H2,26,30)(H,27,29). The number of hydrogen-bond donors (Lipinski definition) is 3. The molecule has 0 bridgehead atoms. The van der Waals surface area contributed by atoms with E-state index in [2.05, 4.69) is 20.9 Å². The third-order valence-electron chi connectivity index (χ3n) is 4.37. The van der Waals surface area contributed by atoms with E-state index in [4.69, 9.17) is 20.9 Å². The summed E-state index contributed by atoms with van der Waals surface area (Å²) < 4.78 is 37.8. The van der Waals surface area contributed by atoms with Gasteiger partial charge >= 0.3 is 6.09 Å². The van der Waals surface area contributed by atoms with Crippen LogP contribution < -0.4 is 21.8 Å². The van der Waals surface area contributed by atoms with Gasteiger partial charge < -0.3 is 25.9 Å². The molecule has 0 aliphatic heterocycles. The molecule has 8 nitrogen and oxygen atoms in total. The zero-order valence-electron chi connectivity index (χ0n) is 16.3. The molecule has 0 saturated carbocycles. The highest BCUT2D eigenvalue weighted by Crippen LogP contribution is 2.38. The molecule has 166 valence electrons. The summed E-state index contributed by atoms with van der Waals surface area (Å²) in [6.45, 7) is -0.776. The Balaban J connectivity index is 2.15. The summed E-state index contributed by atoms with van der Waals surface area (Å²) in [5.74, 6) is -2.30. The fourth-order valence-electron chi connectivity index (χ4n) is 2.91. The average molecular weight is 508 g/mol. The van der Waals surface area contributed by atoms with Crippen LogP contribution in [0.5, 0.6) is 5.75 Å². The Morgan fingerprint density at radius 3 is 2.47 bits per heavy atom. The highest BCUT2D eigenvalue weighted by molar-refractivity contribution is 9.10. The lowest BCUT2D eigenvalue weighted by Crippen LogP contribution is -2.18. The van der Waals surface area contributed by atoms with Crippen molar-refractivity contribution in [3.05, 3.63) is 85.7 Å². The smallest absolute Gasteiger partial charge is 0.404 e. The Bertz CT molecular complexity index is 1260. The van der Waals surface area contributed by atoms with Gasteiger partial charge in [0.2, 0.25) is 5.91 Å². The molecule has 0 unspecified atom stereocenters. The Kier molecular flexibility index (Phi) is 6.89. The molecule has 2 amide bonds. The van der Waals surface area contributed by atoms with Crippen molar-refractivity contribution < 1.29 is 27.8 Å². The first-order valence-electron chi connectivity index (χ1n) is 9.01. The van der Waals surface area contributed by atoms with E-state index in [1.165, 1.54) is 18.2 Å². The number of nitrogens with two attached hydrogens (primary N) is 2. The van der Waals surface area contributed by atoms with Crippen LogP contribution in [0.2, 0.25) is 0 Å². The van der Waals surface area contributed by atoms with Gasteiger partial charge in [0.25, 0.3) is 5.56 Å². The van der Waals surface area contributed by atoms with Gasteiger partial charge in [-0.2, -0.15) is 0 Å². The van der Waals surface area contributed by atoms with Crippen molar-refractivity contribution >= 4 is 27.9 Å². The number of primary amides is 2. The number of rotatable bonds is 7. The second kappa shape index (κ2) is 9.60. The fourth-order valence-corrected chi connectivity index (χ4v) is 3.33. The maximum Gasteiger partial charge on any atom is 0.404 e. The van der Waals surface area contributed by atoms with Gasteiger partial charge in [-0.3, -0.25) is 9.59 Å². The molecule has 1 aromatic heterocycles. The number of nitrogens with one attached hydrogen (secondary N) is 1. The van der Waals surface area contributed by atoms with Gasteiger partial charge in [0, 0.05) is 22.8 Å². The molecule has 0 radical (unpaired) electrons. The molecule has 0 fully saturated rings. The molecule has 5 N–H and O–H groups in total. The first kappa shape index (κ1) is 22.9. The molecule has 0 spiro atoms. The Hall–Kier alpha value is -3.73. The molecular formula is C21H16BrF2N3O5. The van der Waals surface area contributed by atoms with Crippen LogP contribution >= 0.6 is 15.9 Å². The van der Waals surface area contributed by atoms with Crippen molar-refractivity contribution in [2.24, 2.45) is 11.5 Å². The quantitative estimate of drug-likeness (QED) is 0.450. The summed E-state index contributed by atoms with van der Waals surface area (Å²) >= 11 is 3.15. The lowest BCUT2D eigenvalue weighted by Gasteiger charge is -2.18. The second-order valence-electron chi connectivity index (χ2n) is 6.53. The van der Waals surface area contributed by atoms with Gasteiger partial charge in [0.1, 0.15) is 35.1 Å². The van der Waals surface area contributed by atoms with Gasteiger partial charge in [0.05, 0.1) is 5.69 Å². The number of ether oxygens (including phenoxy) is 2. The molecule has 3 rings (SSSR count). The van der Waals surface area contributed by atoms with Crippen molar-refractivity contribution in [2.45, 2.75) is 13.2 Å². The lowest BCUT2D eigenvalue weighted by atomic mass is 10.0. The molecule has 32 heavy (non-hydrogen) atoms. The zero-order valence-corrected chi connectivity index (χ0v) is 17.9. The summed E-state index contributed by atoms with van der Waals surface area (Å²) in [4.78, 5) is 37.7. The number of aromatic nitrogens is 1. The van der Waals surface area contributed by atoms with E-state index in [1.807, 2.05) is 0 Å². The van der Waals surface area contributed by atoms with E-state index in [-0.39, 0.29) is 39.2 Å². The minimum absolute atomic E-state index is 0.0258. The number of carbonyl (C=O) groups excluding carboxylic acids is 2. The normalized spacial score (nSPS) is 10.6. The van der Waals surface area contributed by atoms with E-state index in [9.17, 15) is 23.2 Å². The van der Waals surface area contributed by atoms with Crippen molar-refractivity contribution in [3.63, 3.8) is 0 Å². The third kappa shape index (κ3) is 5.11. The van der Waals surface area contributed by atoms with Crippen molar-refractivity contribution in [1.82, 2.24) is 4.98 Å². The maximum absolute atomic E-state index is 14.1. The van der Waals surface area contributed by atoms with Gasteiger partial charge in [-0.1, -0.05) is 12.1 Å². The number of pyridine rings is 1. The van der Waals surface area contributed by atoms with E-state index in [1.54, 1.807) is 12.1 Å². The van der Waals surface area contributed by atoms with Gasteiger partial charge in [0.15, 0.2) is 0 Å². The summed E-state index contributed by atoms with van der Waals surface area (Å²) in [6, 6.07) is 9.06. The largest absolute Gasteiger partial charge is 0.487 e. The topological polar surface area (TPSA) is 138 Å². The van der Waals surface area contributed by atoms with Crippen LogP contribution in [0.3, 0.4) is 0 Å². The highest BCUT2D eigenvalue weighted by Gasteiger charge is 2.21. The molecule has 1 heterocycles. The molecule has 11 heteroatoms. The molecule has 0 saturated heterocycles. The summed E-state index contributed by atoms with van der Waals surface area (Å²) in [7, 11) is 0. The van der Waals surface area contributed by atoms with Gasteiger partial charge in [-0.15, -0.1) is 0 Å². The second-order valence-corrected chi connectivity index (χ2v) is 7.32. The Morgan fingerprint density at radius 1 is 1.06 bits per heavy atom. The number of hydrogen-bond acceptors (Lipinski definition) is 5. The molecule has 3 aromatic rings. The molecular weight excluding hydrogens is 492 g/mol. The molecule has 0 aliphatic rings. The first-order chi connectivity index (χ1) is 15.2. The summed E-state index contributed by atoms with van der Waals surface area (Å²) in [6.07, 6.45) is -1.08. The third-order valence-corrected chi connectivity index (χ3v) is 5.09. The van der Waals surface area contributed by atoms with Crippen LogP contribution in [0.25, 0.3) is 11.1 Å². The van der Waals surface area contributed by atoms with Crippen LogP contribution in [0.15, 0.2) is 51.7 Å². The SMILES string of the molecule is NC(=O)OCc1[nH]c(=O)c(Br)c(OCc2ccc(F)cc2F)c1-c1cccc(C(N)=O)c1. The Labute approximate surface area is 188 Å². The summed E-state index contributed by atoms with van der Waals surface area (Å²) in [5, 5.41) is 0. The van der Waals surface area contributed by atoms with Gasteiger partial charge in [-0.25, -0.2) is 13.6 Å². The highest BCUT2D eigenvalue weighted by atomic mass is 79.9. The maximum atomic E-state index is 14.1. The average Bonchev–Trinajstić information content (AvgIpc) is 2.74. The predicted octanol–water partition coefficient (Wildman–Crippen LogP) is 3.36. The number of H-pyrrole nitrogens is 1. The number of carbonyl (C=O) groups is 2. The van der Waals surface area contributed by atoms with Crippen LogP contribution in [0, 0.1) is 11.6 Å². The number of halogens is 3. The van der Waals surface area contributed by atoms with Crippen LogP contribution in [0.4, 0.5) is 13.6 Å². The number of amides is 2. The molecule has 0 aliphatic carbocycles. The minimum Gasteiger partial charge on any atom is -0.487 e. The van der Waals surface area contributed by atoms with E-state index in [0.29, 0.717) is 11.6 Å². The first-order valence-corrected chi connectivity index (χ1v) is 9.80. The van der Waals surface area contributed by atoms with Crippen molar-refractivity contribution in [3.8, 4) is 16.9 Å². The minimum atomic E-state index is -1.08. The van der Waals surface area contributed by atoms with Crippen LogP contribution in [-0.2, 0) is 18.0 Å². The molecule has 2 aromatic carbocycles. The number of aromatic amines is 1. The van der Waals surface area contributed by atoms with Crippen LogP contribution in [0.1, 0.15) is 21.6 Å². The fraction of sp³-hybridized carbons (Fsp3) is 0.0952. The Morgan fingerprint density at radius 2 is 1.81 bits per heavy atom. The summed E-state index contributed by atoms with van der Waals surface area (Å²) in [5.41, 5.74) is 10.7. The van der Waals surface area contributed by atoms with E-state index in [0.717, 1.165) is 6.07 Å². The van der Waals surface area contributed by atoms with E-state index < -0.39 is 35.8 Å². The monoisotopic (exact) mass is 507 g/mol.